The second-order valence-electron chi connectivity index (χ2n) is 5.30. The fourth-order valence-electron chi connectivity index (χ4n) is 2.28. The molecule has 1 N–H and O–H groups in total. The molecule has 132 valence electrons. The average molecular weight is 371 g/mol. The number of halogens is 4. The van der Waals surface area contributed by atoms with Crippen molar-refractivity contribution in [3.63, 3.8) is 0 Å². The molecule has 2 heterocycles. The first-order valence-electron chi connectivity index (χ1n) is 7.22. The van der Waals surface area contributed by atoms with Crippen LogP contribution in [-0.4, -0.2) is 20.0 Å². The van der Waals surface area contributed by atoms with E-state index in [1.54, 1.807) is 18.2 Å². The SMILES string of the molecule is Cn1cc(CNc2nnc(Cc3ccccc3F)s2)c(C(F)(F)F)n1. The molecule has 5 nitrogen and oxygen atoms in total. The van der Waals surface area contributed by atoms with Crippen LogP contribution in [0.3, 0.4) is 0 Å². The molecule has 0 spiro atoms. The summed E-state index contributed by atoms with van der Waals surface area (Å²) < 4.78 is 53.5. The molecule has 0 radical (unpaired) electrons. The molecule has 0 amide bonds. The Labute approximate surface area is 144 Å². The van der Waals surface area contributed by atoms with Crippen molar-refractivity contribution in [1.82, 2.24) is 20.0 Å². The summed E-state index contributed by atoms with van der Waals surface area (Å²) in [6.45, 7) is -0.0863. The molecule has 0 aliphatic rings. The van der Waals surface area contributed by atoms with Crippen molar-refractivity contribution in [1.29, 1.82) is 0 Å². The Morgan fingerprint density at radius 2 is 1.92 bits per heavy atom. The van der Waals surface area contributed by atoms with Crippen molar-refractivity contribution in [2.45, 2.75) is 19.1 Å². The molecular formula is C15H13F4N5S. The van der Waals surface area contributed by atoms with E-state index in [4.69, 9.17) is 0 Å². The average Bonchev–Trinajstić information content (AvgIpc) is 3.13. The first-order chi connectivity index (χ1) is 11.8. The molecule has 0 saturated carbocycles. The lowest BCUT2D eigenvalue weighted by Gasteiger charge is -2.06. The van der Waals surface area contributed by atoms with Gasteiger partial charge >= 0.3 is 6.18 Å². The summed E-state index contributed by atoms with van der Waals surface area (Å²) in [6, 6.07) is 6.32. The zero-order chi connectivity index (χ0) is 18.0. The summed E-state index contributed by atoms with van der Waals surface area (Å²) in [5.74, 6) is -0.336. The fraction of sp³-hybridized carbons (Fsp3) is 0.267. The highest BCUT2D eigenvalue weighted by Crippen LogP contribution is 2.31. The number of rotatable bonds is 5. The number of alkyl halides is 3. The largest absolute Gasteiger partial charge is 0.435 e. The van der Waals surface area contributed by atoms with Crippen molar-refractivity contribution >= 4 is 16.5 Å². The lowest BCUT2D eigenvalue weighted by atomic mass is 10.1. The number of nitrogens with one attached hydrogen (secondary N) is 1. The van der Waals surface area contributed by atoms with Gasteiger partial charge in [-0.05, 0) is 11.6 Å². The van der Waals surface area contributed by atoms with E-state index in [1.807, 2.05) is 0 Å². The van der Waals surface area contributed by atoms with Gasteiger partial charge < -0.3 is 5.32 Å². The molecule has 0 fully saturated rings. The number of nitrogens with zero attached hydrogens (tertiary/aromatic N) is 4. The number of hydrogen-bond acceptors (Lipinski definition) is 5. The van der Waals surface area contributed by atoms with E-state index >= 15 is 0 Å². The lowest BCUT2D eigenvalue weighted by Crippen LogP contribution is -2.11. The third-order valence-corrected chi connectivity index (χ3v) is 4.25. The summed E-state index contributed by atoms with van der Waals surface area (Å²) in [5.41, 5.74) is -0.434. The van der Waals surface area contributed by atoms with Crippen LogP contribution in [0.15, 0.2) is 30.5 Å². The molecule has 0 bridgehead atoms. The monoisotopic (exact) mass is 371 g/mol. The van der Waals surface area contributed by atoms with Crippen molar-refractivity contribution < 1.29 is 17.6 Å². The quantitative estimate of drug-likeness (QED) is 0.696. The first kappa shape index (κ1) is 17.3. The number of aromatic nitrogens is 4. The van der Waals surface area contributed by atoms with Gasteiger partial charge in [0.25, 0.3) is 0 Å². The molecule has 3 rings (SSSR count). The van der Waals surface area contributed by atoms with E-state index in [1.165, 1.54) is 30.6 Å². The molecule has 0 saturated heterocycles. The van der Waals surface area contributed by atoms with E-state index in [0.717, 1.165) is 4.68 Å². The Kier molecular flexibility index (Phi) is 4.71. The number of benzene rings is 1. The fourth-order valence-corrected chi connectivity index (χ4v) is 3.04. The maximum atomic E-state index is 13.6. The number of hydrogen-bond donors (Lipinski definition) is 1. The Morgan fingerprint density at radius 3 is 2.64 bits per heavy atom. The molecule has 0 aliphatic heterocycles. The van der Waals surface area contributed by atoms with Crippen molar-refractivity contribution in [2.75, 3.05) is 5.32 Å². The van der Waals surface area contributed by atoms with E-state index in [0.29, 0.717) is 15.7 Å². The van der Waals surface area contributed by atoms with E-state index < -0.39 is 11.9 Å². The van der Waals surface area contributed by atoms with Crippen LogP contribution in [0.25, 0.3) is 0 Å². The molecule has 3 aromatic rings. The predicted molar refractivity (Wildman–Crippen MR) is 84.7 cm³/mol. The van der Waals surface area contributed by atoms with Crippen LogP contribution in [-0.2, 0) is 26.2 Å². The minimum atomic E-state index is -4.52. The maximum Gasteiger partial charge on any atom is 0.435 e. The summed E-state index contributed by atoms with van der Waals surface area (Å²) >= 11 is 1.17. The summed E-state index contributed by atoms with van der Waals surface area (Å²) in [7, 11) is 1.43. The van der Waals surface area contributed by atoms with E-state index in [-0.39, 0.29) is 24.3 Å². The van der Waals surface area contributed by atoms with Crippen molar-refractivity contribution in [3.05, 3.63) is 58.1 Å². The van der Waals surface area contributed by atoms with Gasteiger partial charge in [-0.2, -0.15) is 18.3 Å². The number of aryl methyl sites for hydroxylation is 1. The topological polar surface area (TPSA) is 55.6 Å². The zero-order valence-electron chi connectivity index (χ0n) is 13.0. The van der Waals surface area contributed by atoms with Gasteiger partial charge in [0.1, 0.15) is 10.8 Å². The second kappa shape index (κ2) is 6.79. The van der Waals surface area contributed by atoms with Crippen molar-refractivity contribution in [3.8, 4) is 0 Å². The van der Waals surface area contributed by atoms with Crippen LogP contribution in [0, 0.1) is 5.82 Å². The van der Waals surface area contributed by atoms with Crippen molar-refractivity contribution in [2.24, 2.45) is 7.05 Å². The lowest BCUT2D eigenvalue weighted by molar-refractivity contribution is -0.142. The van der Waals surface area contributed by atoms with Gasteiger partial charge in [-0.25, -0.2) is 4.39 Å². The van der Waals surface area contributed by atoms with Crippen LogP contribution < -0.4 is 5.32 Å². The van der Waals surface area contributed by atoms with E-state index in [9.17, 15) is 17.6 Å². The Bertz CT molecular complexity index is 871. The van der Waals surface area contributed by atoms with Gasteiger partial charge in [0.2, 0.25) is 5.13 Å². The molecule has 0 aliphatic carbocycles. The van der Waals surface area contributed by atoms with Crippen LogP contribution in [0.1, 0.15) is 21.8 Å². The third kappa shape index (κ3) is 4.13. The van der Waals surface area contributed by atoms with Gasteiger partial charge in [0, 0.05) is 31.8 Å². The Morgan fingerprint density at radius 1 is 1.16 bits per heavy atom. The van der Waals surface area contributed by atoms with Gasteiger partial charge in [0.05, 0.1) is 0 Å². The van der Waals surface area contributed by atoms with Gasteiger partial charge in [-0.1, -0.05) is 29.5 Å². The molecule has 0 atom stereocenters. The highest BCUT2D eigenvalue weighted by Gasteiger charge is 2.36. The minimum Gasteiger partial charge on any atom is -0.356 e. The smallest absolute Gasteiger partial charge is 0.356 e. The minimum absolute atomic E-state index is 0.0147. The molecular weight excluding hydrogens is 358 g/mol. The van der Waals surface area contributed by atoms with Crippen LogP contribution in [0.4, 0.5) is 22.7 Å². The first-order valence-corrected chi connectivity index (χ1v) is 8.04. The van der Waals surface area contributed by atoms with Crippen LogP contribution in [0.2, 0.25) is 0 Å². The predicted octanol–water partition coefficient (Wildman–Crippen LogP) is 3.63. The molecule has 1 aromatic carbocycles. The summed E-state index contributed by atoms with van der Waals surface area (Å²) in [6.07, 6.45) is -2.95. The normalized spacial score (nSPS) is 11.7. The van der Waals surface area contributed by atoms with Crippen LogP contribution >= 0.6 is 11.3 Å². The molecule has 10 heteroatoms. The zero-order valence-corrected chi connectivity index (χ0v) is 13.8. The highest BCUT2D eigenvalue weighted by atomic mass is 32.1. The van der Waals surface area contributed by atoms with Gasteiger partial charge in [0.15, 0.2) is 5.69 Å². The standard InChI is InChI=1S/C15H13F4N5S/c1-24-8-10(13(23-24)15(17,18)19)7-20-14-22-21-12(25-14)6-9-4-2-3-5-11(9)16/h2-5,8H,6-7H2,1H3,(H,20,22). The molecule has 25 heavy (non-hydrogen) atoms. The number of anilines is 1. The van der Waals surface area contributed by atoms with Gasteiger partial charge in [-0.3, -0.25) is 4.68 Å². The maximum absolute atomic E-state index is 13.6. The summed E-state index contributed by atoms with van der Waals surface area (Å²) in [5, 5.41) is 15.0. The highest BCUT2D eigenvalue weighted by molar-refractivity contribution is 7.15. The van der Waals surface area contributed by atoms with Gasteiger partial charge in [-0.15, -0.1) is 10.2 Å². The Balaban J connectivity index is 1.68. The Hall–Kier alpha value is -2.49. The molecule has 0 unspecified atom stereocenters. The van der Waals surface area contributed by atoms with E-state index in [2.05, 4.69) is 20.6 Å². The molecule has 2 aromatic heterocycles. The second-order valence-corrected chi connectivity index (χ2v) is 6.36. The summed E-state index contributed by atoms with van der Waals surface area (Å²) in [4.78, 5) is 0. The van der Waals surface area contributed by atoms with Crippen LogP contribution in [0.5, 0.6) is 0 Å². The third-order valence-electron chi connectivity index (χ3n) is 3.37.